The van der Waals surface area contributed by atoms with Crippen molar-refractivity contribution in [2.75, 3.05) is 20.2 Å². The second-order valence-electron chi connectivity index (χ2n) is 3.89. The van der Waals surface area contributed by atoms with Crippen LogP contribution in [0.1, 0.15) is 31.4 Å². The molecule has 1 atom stereocenters. The van der Waals surface area contributed by atoms with E-state index in [1.807, 2.05) is 6.07 Å². The quantitative estimate of drug-likeness (QED) is 0.758. The molecule has 2 rings (SSSR count). The molecule has 0 amide bonds. The zero-order chi connectivity index (χ0) is 10.7. The van der Waals surface area contributed by atoms with Crippen molar-refractivity contribution < 1.29 is 4.74 Å². The number of methoxy groups -OCH3 is 1. The van der Waals surface area contributed by atoms with Gasteiger partial charge in [-0.15, -0.1) is 0 Å². The first-order valence-electron chi connectivity index (χ1n) is 5.59. The number of likely N-dealkylation sites (tertiary alicyclic amines) is 1. The van der Waals surface area contributed by atoms with Gasteiger partial charge >= 0.3 is 0 Å². The van der Waals surface area contributed by atoms with Crippen LogP contribution in [0.15, 0.2) is 18.3 Å². The topological polar surface area (TPSA) is 25.4 Å². The van der Waals surface area contributed by atoms with E-state index in [1.165, 1.54) is 24.9 Å². The van der Waals surface area contributed by atoms with Gasteiger partial charge in [0.25, 0.3) is 0 Å². The summed E-state index contributed by atoms with van der Waals surface area (Å²) in [5.74, 6) is 0.780. The highest BCUT2D eigenvalue weighted by molar-refractivity contribution is 5.29. The van der Waals surface area contributed by atoms with Crippen LogP contribution >= 0.6 is 0 Å². The van der Waals surface area contributed by atoms with Crippen LogP contribution in [0.3, 0.4) is 0 Å². The van der Waals surface area contributed by atoms with Crippen molar-refractivity contribution in [1.82, 2.24) is 9.88 Å². The monoisotopic (exact) mass is 206 g/mol. The Labute approximate surface area is 91.1 Å². The van der Waals surface area contributed by atoms with E-state index in [0.717, 1.165) is 12.4 Å². The average Bonchev–Trinajstić information content (AvgIpc) is 2.76. The van der Waals surface area contributed by atoms with Crippen LogP contribution in [0.4, 0.5) is 0 Å². The number of pyridine rings is 1. The minimum Gasteiger partial charge on any atom is -0.481 e. The Hall–Kier alpha value is -1.09. The van der Waals surface area contributed by atoms with Crippen molar-refractivity contribution in [2.24, 2.45) is 0 Å². The number of hydrogen-bond donors (Lipinski definition) is 0. The van der Waals surface area contributed by atoms with Crippen molar-refractivity contribution in [3.8, 4) is 5.88 Å². The summed E-state index contributed by atoms with van der Waals surface area (Å²) < 4.78 is 5.31. The lowest BCUT2D eigenvalue weighted by Gasteiger charge is -2.23. The van der Waals surface area contributed by atoms with Crippen molar-refractivity contribution in [1.29, 1.82) is 0 Å². The van der Waals surface area contributed by atoms with E-state index < -0.39 is 0 Å². The summed E-state index contributed by atoms with van der Waals surface area (Å²) in [5.41, 5.74) is 1.24. The summed E-state index contributed by atoms with van der Waals surface area (Å²) in [6.45, 7) is 4.50. The Bertz CT molecular complexity index is 327. The number of ether oxygens (including phenoxy) is 1. The van der Waals surface area contributed by atoms with E-state index in [9.17, 15) is 0 Å². The van der Waals surface area contributed by atoms with E-state index >= 15 is 0 Å². The van der Waals surface area contributed by atoms with Gasteiger partial charge in [-0.1, -0.05) is 13.0 Å². The lowest BCUT2D eigenvalue weighted by molar-refractivity contribution is 0.262. The fraction of sp³-hybridized carbons (Fsp3) is 0.583. The summed E-state index contributed by atoms with van der Waals surface area (Å²) in [4.78, 5) is 6.75. The van der Waals surface area contributed by atoms with Gasteiger partial charge in [0.1, 0.15) is 0 Å². The van der Waals surface area contributed by atoms with Crippen LogP contribution in [0, 0.1) is 0 Å². The molecule has 2 heterocycles. The standard InChI is InChI=1S/C12H18N2O/c1-3-14-9-5-7-11(14)10-6-4-8-13-12(10)15-2/h4,6,8,11H,3,5,7,9H2,1-2H3. The fourth-order valence-electron chi connectivity index (χ4n) is 2.38. The maximum Gasteiger partial charge on any atom is 0.217 e. The molecule has 0 bridgehead atoms. The van der Waals surface area contributed by atoms with Gasteiger partial charge < -0.3 is 4.74 Å². The molecular formula is C12H18N2O. The van der Waals surface area contributed by atoms with Gasteiger partial charge in [-0.3, -0.25) is 4.90 Å². The first-order valence-corrected chi connectivity index (χ1v) is 5.59. The highest BCUT2D eigenvalue weighted by atomic mass is 16.5. The zero-order valence-electron chi connectivity index (χ0n) is 9.44. The summed E-state index contributed by atoms with van der Waals surface area (Å²) in [6, 6.07) is 4.62. The number of rotatable bonds is 3. The molecule has 0 spiro atoms. The summed E-state index contributed by atoms with van der Waals surface area (Å²) >= 11 is 0. The fourth-order valence-corrected chi connectivity index (χ4v) is 2.38. The van der Waals surface area contributed by atoms with E-state index in [4.69, 9.17) is 4.74 Å². The summed E-state index contributed by atoms with van der Waals surface area (Å²) in [7, 11) is 1.69. The van der Waals surface area contributed by atoms with Gasteiger partial charge in [0.05, 0.1) is 7.11 Å². The van der Waals surface area contributed by atoms with Gasteiger partial charge in [-0.2, -0.15) is 0 Å². The van der Waals surface area contributed by atoms with Gasteiger partial charge in [0, 0.05) is 17.8 Å². The molecule has 0 radical (unpaired) electrons. The van der Waals surface area contributed by atoms with Crippen LogP contribution in [0.25, 0.3) is 0 Å². The second kappa shape index (κ2) is 4.62. The first kappa shape index (κ1) is 10.4. The third kappa shape index (κ3) is 1.97. The Kier molecular flexibility index (Phi) is 3.21. The third-order valence-electron chi connectivity index (χ3n) is 3.12. The Balaban J connectivity index is 2.27. The smallest absolute Gasteiger partial charge is 0.217 e. The molecule has 3 nitrogen and oxygen atoms in total. The van der Waals surface area contributed by atoms with Gasteiger partial charge in [0.15, 0.2) is 0 Å². The Morgan fingerprint density at radius 3 is 3.20 bits per heavy atom. The molecule has 1 aromatic rings. The van der Waals surface area contributed by atoms with Crippen LogP contribution in [-0.4, -0.2) is 30.1 Å². The average molecular weight is 206 g/mol. The molecule has 1 aromatic heterocycles. The maximum absolute atomic E-state index is 5.31. The third-order valence-corrected chi connectivity index (χ3v) is 3.12. The molecule has 1 saturated heterocycles. The molecule has 0 aliphatic carbocycles. The largest absolute Gasteiger partial charge is 0.481 e. The normalized spacial score (nSPS) is 21.9. The molecular weight excluding hydrogens is 188 g/mol. The van der Waals surface area contributed by atoms with Crippen LogP contribution in [0.2, 0.25) is 0 Å². The highest BCUT2D eigenvalue weighted by Crippen LogP contribution is 2.35. The second-order valence-corrected chi connectivity index (χ2v) is 3.89. The van der Waals surface area contributed by atoms with E-state index in [0.29, 0.717) is 6.04 Å². The predicted octanol–water partition coefficient (Wildman–Crippen LogP) is 2.25. The maximum atomic E-state index is 5.31. The number of hydrogen-bond acceptors (Lipinski definition) is 3. The Morgan fingerprint density at radius 2 is 2.47 bits per heavy atom. The van der Waals surface area contributed by atoms with E-state index in [-0.39, 0.29) is 0 Å². The molecule has 15 heavy (non-hydrogen) atoms. The molecule has 0 aromatic carbocycles. The van der Waals surface area contributed by atoms with Crippen LogP contribution in [0.5, 0.6) is 5.88 Å². The van der Waals surface area contributed by atoms with Crippen molar-refractivity contribution in [2.45, 2.75) is 25.8 Å². The van der Waals surface area contributed by atoms with Gasteiger partial charge in [-0.25, -0.2) is 4.98 Å². The highest BCUT2D eigenvalue weighted by Gasteiger charge is 2.27. The van der Waals surface area contributed by atoms with Crippen LogP contribution in [-0.2, 0) is 0 Å². The van der Waals surface area contributed by atoms with Crippen molar-refractivity contribution >= 4 is 0 Å². The molecule has 82 valence electrons. The SMILES string of the molecule is CCN1CCCC1c1cccnc1OC. The summed E-state index contributed by atoms with van der Waals surface area (Å²) in [5, 5.41) is 0. The van der Waals surface area contributed by atoms with Crippen molar-refractivity contribution in [3.63, 3.8) is 0 Å². The zero-order valence-corrected chi connectivity index (χ0v) is 9.44. The van der Waals surface area contributed by atoms with E-state index in [1.54, 1.807) is 13.3 Å². The molecule has 0 N–H and O–H groups in total. The number of nitrogens with zero attached hydrogens (tertiary/aromatic N) is 2. The van der Waals surface area contributed by atoms with Crippen LogP contribution < -0.4 is 4.74 Å². The number of aromatic nitrogens is 1. The first-order chi connectivity index (χ1) is 7.36. The Morgan fingerprint density at radius 1 is 1.60 bits per heavy atom. The lowest BCUT2D eigenvalue weighted by atomic mass is 10.1. The van der Waals surface area contributed by atoms with Gasteiger partial charge in [0.2, 0.25) is 5.88 Å². The predicted molar refractivity (Wildman–Crippen MR) is 60.0 cm³/mol. The summed E-state index contributed by atoms with van der Waals surface area (Å²) in [6.07, 6.45) is 4.28. The molecule has 1 aliphatic rings. The molecule has 3 heteroatoms. The molecule has 1 unspecified atom stereocenters. The molecule has 1 aliphatic heterocycles. The minimum absolute atomic E-state index is 0.499. The molecule has 0 saturated carbocycles. The van der Waals surface area contributed by atoms with E-state index in [2.05, 4.69) is 22.9 Å². The molecule has 1 fully saturated rings. The lowest BCUT2D eigenvalue weighted by Crippen LogP contribution is -2.23. The van der Waals surface area contributed by atoms with Crippen molar-refractivity contribution in [3.05, 3.63) is 23.9 Å². The minimum atomic E-state index is 0.499. The van der Waals surface area contributed by atoms with Gasteiger partial charge in [-0.05, 0) is 32.0 Å².